The number of thiazole rings is 1. The number of nitrogens with two attached hydrogens (primary N) is 1. The number of hydrogen-bond donors (Lipinski definition) is 3. The Hall–Kier alpha value is -1.59. The molecule has 1 aromatic heterocycles. The third-order valence-corrected chi connectivity index (χ3v) is 3.58. The van der Waals surface area contributed by atoms with E-state index in [4.69, 9.17) is 5.73 Å². The third kappa shape index (κ3) is 2.57. The molecule has 0 aliphatic rings. The maximum absolute atomic E-state index is 10.0. The lowest BCUT2D eigenvalue weighted by Crippen LogP contribution is -2.11. The maximum Gasteiger partial charge on any atom is 0.185 e. The van der Waals surface area contributed by atoms with Gasteiger partial charge in [0.15, 0.2) is 11.4 Å². The summed E-state index contributed by atoms with van der Waals surface area (Å²) in [6.07, 6.45) is -0.832. The number of anilines is 2. The number of aliphatic hydroxyl groups is 1. The zero-order valence-corrected chi connectivity index (χ0v) is 10.6. The first-order valence-electron chi connectivity index (χ1n) is 5.31. The highest BCUT2D eigenvalue weighted by molar-refractivity contribution is 7.15. The number of hydrogen-bond acceptors (Lipinski definition) is 5. The van der Waals surface area contributed by atoms with Crippen LogP contribution in [0.3, 0.4) is 0 Å². The van der Waals surface area contributed by atoms with Crippen molar-refractivity contribution >= 4 is 22.2 Å². The molecule has 0 amide bonds. The Morgan fingerprint density at radius 2 is 2.06 bits per heavy atom. The Bertz CT molecular complexity index is 505. The molecule has 90 valence electrons. The second-order valence-corrected chi connectivity index (χ2v) is 5.04. The van der Waals surface area contributed by atoms with E-state index in [1.807, 2.05) is 26.0 Å². The Morgan fingerprint density at radius 1 is 1.35 bits per heavy atom. The van der Waals surface area contributed by atoms with E-state index < -0.39 is 6.23 Å². The second-order valence-electron chi connectivity index (χ2n) is 3.84. The number of aromatic nitrogens is 1. The number of nitrogens with one attached hydrogen (secondary N) is 1. The molecule has 4 nitrogen and oxygen atoms in total. The molecule has 0 aliphatic heterocycles. The molecule has 1 atom stereocenters. The fourth-order valence-electron chi connectivity index (χ4n) is 1.49. The van der Waals surface area contributed by atoms with Gasteiger partial charge in [-0.3, -0.25) is 0 Å². The minimum absolute atomic E-state index is 0.567. The molecule has 4 N–H and O–H groups in total. The lowest BCUT2D eigenvalue weighted by Gasteiger charge is -2.13. The highest BCUT2D eigenvalue weighted by Crippen LogP contribution is 2.26. The molecule has 5 heteroatoms. The summed E-state index contributed by atoms with van der Waals surface area (Å²) in [6, 6.07) is 7.23. The first-order chi connectivity index (χ1) is 8.08. The van der Waals surface area contributed by atoms with Crippen molar-refractivity contribution in [2.75, 3.05) is 11.1 Å². The van der Waals surface area contributed by atoms with Crippen LogP contribution >= 0.6 is 11.3 Å². The molecular weight excluding hydrogens is 234 g/mol. The van der Waals surface area contributed by atoms with Crippen LogP contribution in [0.2, 0.25) is 0 Å². The number of aliphatic hydroxyl groups excluding tert-OH is 1. The van der Waals surface area contributed by atoms with Crippen molar-refractivity contribution in [3.63, 3.8) is 0 Å². The minimum Gasteiger partial charge on any atom is -0.398 e. The monoisotopic (exact) mass is 249 g/mol. The topological polar surface area (TPSA) is 71.2 Å². The number of rotatable bonds is 3. The third-order valence-electron chi connectivity index (χ3n) is 2.58. The van der Waals surface area contributed by atoms with Gasteiger partial charge >= 0.3 is 0 Å². The zero-order chi connectivity index (χ0) is 12.4. The van der Waals surface area contributed by atoms with Gasteiger partial charge in [0, 0.05) is 16.1 Å². The molecule has 1 aromatic carbocycles. The Labute approximate surface area is 104 Å². The number of para-hydroxylation sites is 1. The smallest absolute Gasteiger partial charge is 0.185 e. The summed E-state index contributed by atoms with van der Waals surface area (Å²) in [4.78, 5) is 5.45. The van der Waals surface area contributed by atoms with E-state index in [1.54, 1.807) is 12.1 Å². The van der Waals surface area contributed by atoms with E-state index in [-0.39, 0.29) is 0 Å². The second kappa shape index (κ2) is 4.73. The molecule has 0 saturated heterocycles. The molecule has 0 saturated carbocycles. The van der Waals surface area contributed by atoms with Crippen LogP contribution in [0.5, 0.6) is 0 Å². The standard InChI is InChI=1S/C12H15N3OS/c1-7-8(2)17-12(14-7)15-11(16)9-5-3-4-6-10(9)13/h3-6,11,16H,13H2,1-2H3,(H,14,15). The largest absolute Gasteiger partial charge is 0.398 e. The Balaban J connectivity index is 2.17. The van der Waals surface area contributed by atoms with Gasteiger partial charge in [-0.2, -0.15) is 0 Å². The van der Waals surface area contributed by atoms with Crippen molar-refractivity contribution in [3.05, 3.63) is 40.4 Å². The van der Waals surface area contributed by atoms with Gasteiger partial charge in [0.25, 0.3) is 0 Å². The van der Waals surface area contributed by atoms with Crippen LogP contribution in [0, 0.1) is 13.8 Å². The average molecular weight is 249 g/mol. The molecule has 0 fully saturated rings. The SMILES string of the molecule is Cc1nc(NC(O)c2ccccc2N)sc1C. The maximum atomic E-state index is 10.0. The summed E-state index contributed by atoms with van der Waals surface area (Å²) in [5, 5.41) is 13.7. The van der Waals surface area contributed by atoms with Gasteiger partial charge in [-0.05, 0) is 19.9 Å². The van der Waals surface area contributed by atoms with Gasteiger partial charge in [0.1, 0.15) is 0 Å². The van der Waals surface area contributed by atoms with Gasteiger partial charge in [0.05, 0.1) is 5.69 Å². The van der Waals surface area contributed by atoms with Crippen LogP contribution in [0.1, 0.15) is 22.4 Å². The van der Waals surface area contributed by atoms with Gasteiger partial charge < -0.3 is 16.2 Å². The van der Waals surface area contributed by atoms with Gasteiger partial charge in [0.2, 0.25) is 0 Å². The van der Waals surface area contributed by atoms with Gasteiger partial charge in [-0.25, -0.2) is 4.98 Å². The molecule has 1 heterocycles. The number of nitrogens with zero attached hydrogens (tertiary/aromatic N) is 1. The van der Waals surface area contributed by atoms with Crippen molar-refractivity contribution in [1.82, 2.24) is 4.98 Å². The van der Waals surface area contributed by atoms with E-state index in [9.17, 15) is 5.11 Å². The molecule has 17 heavy (non-hydrogen) atoms. The van der Waals surface area contributed by atoms with E-state index in [0.29, 0.717) is 16.4 Å². The number of benzene rings is 1. The molecule has 2 aromatic rings. The number of aryl methyl sites for hydroxylation is 2. The lowest BCUT2D eigenvalue weighted by atomic mass is 10.1. The predicted octanol–water partition coefficient (Wildman–Crippen LogP) is 2.45. The quantitative estimate of drug-likeness (QED) is 0.577. The molecule has 2 rings (SSSR count). The number of nitrogen functional groups attached to an aromatic ring is 1. The van der Waals surface area contributed by atoms with Crippen molar-refractivity contribution < 1.29 is 5.11 Å². The molecule has 1 unspecified atom stereocenters. The first-order valence-corrected chi connectivity index (χ1v) is 6.12. The van der Waals surface area contributed by atoms with E-state index >= 15 is 0 Å². The highest BCUT2D eigenvalue weighted by atomic mass is 32.1. The van der Waals surface area contributed by atoms with E-state index in [2.05, 4.69) is 10.3 Å². The van der Waals surface area contributed by atoms with Crippen LogP contribution in [0.4, 0.5) is 10.8 Å². The summed E-state index contributed by atoms with van der Waals surface area (Å²) in [5.74, 6) is 0. The highest BCUT2D eigenvalue weighted by Gasteiger charge is 2.12. The average Bonchev–Trinajstić information content (AvgIpc) is 2.58. The van der Waals surface area contributed by atoms with E-state index in [0.717, 1.165) is 10.6 Å². The van der Waals surface area contributed by atoms with Crippen LogP contribution in [0.25, 0.3) is 0 Å². The fraction of sp³-hybridized carbons (Fsp3) is 0.250. The zero-order valence-electron chi connectivity index (χ0n) is 9.77. The first kappa shape index (κ1) is 11.9. The normalized spacial score (nSPS) is 12.4. The van der Waals surface area contributed by atoms with Crippen molar-refractivity contribution in [3.8, 4) is 0 Å². The molecule has 0 radical (unpaired) electrons. The molecule has 0 bridgehead atoms. The molecule has 0 aliphatic carbocycles. The van der Waals surface area contributed by atoms with Crippen LogP contribution < -0.4 is 11.1 Å². The molecule has 0 spiro atoms. The van der Waals surface area contributed by atoms with Crippen molar-refractivity contribution in [1.29, 1.82) is 0 Å². The van der Waals surface area contributed by atoms with Crippen LogP contribution in [-0.4, -0.2) is 10.1 Å². The van der Waals surface area contributed by atoms with Gasteiger partial charge in [-0.1, -0.05) is 18.2 Å². The van der Waals surface area contributed by atoms with Crippen molar-refractivity contribution in [2.45, 2.75) is 20.1 Å². The van der Waals surface area contributed by atoms with Gasteiger partial charge in [-0.15, -0.1) is 11.3 Å². The van der Waals surface area contributed by atoms with Crippen molar-refractivity contribution in [2.24, 2.45) is 0 Å². The summed E-state index contributed by atoms with van der Waals surface area (Å²) >= 11 is 1.52. The predicted molar refractivity (Wildman–Crippen MR) is 71.0 cm³/mol. The summed E-state index contributed by atoms with van der Waals surface area (Å²) in [5.41, 5.74) is 8.00. The Kier molecular flexibility index (Phi) is 3.31. The Morgan fingerprint density at radius 3 is 2.65 bits per heavy atom. The summed E-state index contributed by atoms with van der Waals surface area (Å²) in [7, 11) is 0. The summed E-state index contributed by atoms with van der Waals surface area (Å²) < 4.78 is 0. The van der Waals surface area contributed by atoms with Crippen LogP contribution in [0.15, 0.2) is 24.3 Å². The van der Waals surface area contributed by atoms with Crippen LogP contribution in [-0.2, 0) is 0 Å². The minimum atomic E-state index is -0.832. The lowest BCUT2D eigenvalue weighted by molar-refractivity contribution is 0.209. The summed E-state index contributed by atoms with van der Waals surface area (Å²) in [6.45, 7) is 3.95. The fourth-order valence-corrected chi connectivity index (χ4v) is 2.33. The van der Waals surface area contributed by atoms with E-state index in [1.165, 1.54) is 11.3 Å². The molecular formula is C12H15N3OS.